The number of benzene rings is 2. The van der Waals surface area contributed by atoms with Crippen molar-refractivity contribution in [1.82, 2.24) is 19.6 Å². The van der Waals surface area contributed by atoms with Crippen LogP contribution in [-0.2, 0) is 18.4 Å². The number of fused-ring (bicyclic) bond motifs is 1. The van der Waals surface area contributed by atoms with Crippen LogP contribution in [0.5, 0.6) is 0 Å². The van der Waals surface area contributed by atoms with E-state index in [0.717, 1.165) is 23.0 Å². The summed E-state index contributed by atoms with van der Waals surface area (Å²) in [7, 11) is 1.66. The fourth-order valence-corrected chi connectivity index (χ4v) is 2.96. The Balaban J connectivity index is 1.59. The van der Waals surface area contributed by atoms with E-state index in [1.165, 1.54) is 17.1 Å². The van der Waals surface area contributed by atoms with Crippen LogP contribution >= 0.6 is 0 Å². The molecule has 0 saturated carbocycles. The molecule has 0 unspecified atom stereocenters. The molecule has 27 heavy (non-hydrogen) atoms. The van der Waals surface area contributed by atoms with E-state index in [0.29, 0.717) is 11.4 Å². The third kappa shape index (κ3) is 3.41. The van der Waals surface area contributed by atoms with Crippen molar-refractivity contribution in [2.45, 2.75) is 6.54 Å². The fraction of sp³-hybridized carbons (Fsp3) is 0.105. The Kier molecular flexibility index (Phi) is 4.15. The zero-order chi connectivity index (χ0) is 19.0. The first-order valence-corrected chi connectivity index (χ1v) is 8.20. The number of halogens is 2. The fourth-order valence-electron chi connectivity index (χ4n) is 2.96. The Morgan fingerprint density at radius 2 is 2.00 bits per heavy atom. The lowest BCUT2D eigenvalue weighted by atomic mass is 10.0. The van der Waals surface area contributed by atoms with Gasteiger partial charge in [0.15, 0.2) is 5.82 Å². The number of hydrogen-bond donors (Lipinski definition) is 1. The van der Waals surface area contributed by atoms with Crippen LogP contribution in [0.4, 0.5) is 14.6 Å². The molecule has 2 aromatic heterocycles. The summed E-state index contributed by atoms with van der Waals surface area (Å²) in [5.74, 6) is -0.848. The van der Waals surface area contributed by atoms with E-state index in [-0.39, 0.29) is 18.0 Å². The first-order chi connectivity index (χ1) is 13.0. The van der Waals surface area contributed by atoms with Crippen molar-refractivity contribution in [3.05, 3.63) is 66.5 Å². The Hall–Kier alpha value is -3.55. The number of rotatable bonds is 4. The van der Waals surface area contributed by atoms with Crippen molar-refractivity contribution >= 4 is 22.6 Å². The Bertz CT molecular complexity index is 1150. The predicted molar refractivity (Wildman–Crippen MR) is 96.9 cm³/mol. The maximum atomic E-state index is 14.0. The van der Waals surface area contributed by atoms with Crippen molar-refractivity contribution in [2.75, 3.05) is 5.32 Å². The second-order valence-electron chi connectivity index (χ2n) is 6.11. The maximum absolute atomic E-state index is 14.0. The van der Waals surface area contributed by atoms with Gasteiger partial charge in [-0.25, -0.2) is 8.78 Å². The number of carbonyl (C=O) groups is 1. The van der Waals surface area contributed by atoms with Crippen LogP contribution in [0.2, 0.25) is 0 Å². The molecule has 6 nitrogen and oxygen atoms in total. The monoisotopic (exact) mass is 367 g/mol. The normalized spacial score (nSPS) is 11.1. The van der Waals surface area contributed by atoms with Gasteiger partial charge in [-0.05, 0) is 42.0 Å². The van der Waals surface area contributed by atoms with Gasteiger partial charge in [0, 0.05) is 29.7 Å². The SMILES string of the molecule is Cn1ncc(NC(=O)Cn2ccc3cc(-c4cc(F)ccc4F)ccc32)n1. The van der Waals surface area contributed by atoms with Gasteiger partial charge >= 0.3 is 0 Å². The summed E-state index contributed by atoms with van der Waals surface area (Å²) < 4.78 is 29.2. The molecule has 2 heterocycles. The van der Waals surface area contributed by atoms with E-state index in [9.17, 15) is 13.6 Å². The standard InChI is InChI=1S/C19H15F2N5O/c1-25-22-10-18(24-25)23-19(27)11-26-7-6-13-8-12(2-5-17(13)26)15-9-14(20)3-4-16(15)21/h2-10H,11H2,1H3,(H,23,24,27). The van der Waals surface area contributed by atoms with Gasteiger partial charge < -0.3 is 9.88 Å². The highest BCUT2D eigenvalue weighted by atomic mass is 19.1. The van der Waals surface area contributed by atoms with E-state index in [2.05, 4.69) is 15.5 Å². The smallest absolute Gasteiger partial charge is 0.245 e. The van der Waals surface area contributed by atoms with Gasteiger partial charge in [0.05, 0.1) is 6.20 Å². The maximum Gasteiger partial charge on any atom is 0.245 e. The molecule has 1 N–H and O–H groups in total. The van der Waals surface area contributed by atoms with Gasteiger partial charge in [-0.3, -0.25) is 4.79 Å². The average molecular weight is 367 g/mol. The molecule has 0 bridgehead atoms. The van der Waals surface area contributed by atoms with Gasteiger partial charge in [-0.1, -0.05) is 6.07 Å². The molecule has 8 heteroatoms. The molecule has 136 valence electrons. The van der Waals surface area contributed by atoms with E-state index < -0.39 is 11.6 Å². The van der Waals surface area contributed by atoms with E-state index in [1.54, 1.807) is 36.0 Å². The molecule has 0 radical (unpaired) electrons. The van der Waals surface area contributed by atoms with Crippen molar-refractivity contribution in [3.63, 3.8) is 0 Å². The summed E-state index contributed by atoms with van der Waals surface area (Å²) in [5, 5.41) is 11.4. The summed E-state index contributed by atoms with van der Waals surface area (Å²) in [6.07, 6.45) is 3.23. The zero-order valence-electron chi connectivity index (χ0n) is 14.4. The highest BCUT2D eigenvalue weighted by Gasteiger charge is 2.11. The molecule has 4 rings (SSSR count). The van der Waals surface area contributed by atoms with Gasteiger partial charge in [0.1, 0.15) is 18.2 Å². The topological polar surface area (TPSA) is 64.7 Å². The van der Waals surface area contributed by atoms with Crippen molar-refractivity contribution in [2.24, 2.45) is 7.05 Å². The molecule has 0 atom stereocenters. The lowest BCUT2D eigenvalue weighted by molar-refractivity contribution is -0.116. The number of anilines is 1. The van der Waals surface area contributed by atoms with Crippen LogP contribution in [0.3, 0.4) is 0 Å². The number of nitrogens with zero attached hydrogens (tertiary/aromatic N) is 4. The summed E-state index contributed by atoms with van der Waals surface area (Å²) in [6, 6.07) is 10.4. The quantitative estimate of drug-likeness (QED) is 0.602. The predicted octanol–water partition coefficient (Wildman–Crippen LogP) is 3.35. The Labute approximate surface area is 153 Å². The van der Waals surface area contributed by atoms with Gasteiger partial charge in [-0.15, -0.1) is 5.10 Å². The highest BCUT2D eigenvalue weighted by Crippen LogP contribution is 2.28. The lowest BCUT2D eigenvalue weighted by Crippen LogP contribution is -2.18. The van der Waals surface area contributed by atoms with Gasteiger partial charge in [0.25, 0.3) is 0 Å². The molecule has 2 aromatic carbocycles. The van der Waals surface area contributed by atoms with Crippen LogP contribution in [0.25, 0.3) is 22.0 Å². The average Bonchev–Trinajstić information content (AvgIpc) is 3.23. The van der Waals surface area contributed by atoms with Gasteiger partial charge in [0.2, 0.25) is 5.91 Å². The van der Waals surface area contributed by atoms with Crippen LogP contribution in [0.1, 0.15) is 0 Å². The van der Waals surface area contributed by atoms with Crippen molar-refractivity contribution < 1.29 is 13.6 Å². The first kappa shape index (κ1) is 16.9. The lowest BCUT2D eigenvalue weighted by Gasteiger charge is -2.07. The van der Waals surface area contributed by atoms with Gasteiger partial charge in [-0.2, -0.15) is 9.90 Å². The minimum absolute atomic E-state index is 0.0910. The molecular weight excluding hydrogens is 352 g/mol. The third-order valence-electron chi connectivity index (χ3n) is 4.19. The summed E-state index contributed by atoms with van der Waals surface area (Å²) >= 11 is 0. The summed E-state index contributed by atoms with van der Waals surface area (Å²) in [4.78, 5) is 13.6. The molecule has 0 aliphatic rings. The number of amides is 1. The van der Waals surface area contributed by atoms with Crippen LogP contribution in [0, 0.1) is 11.6 Å². The molecule has 0 aliphatic heterocycles. The van der Waals surface area contributed by atoms with Crippen LogP contribution in [-0.4, -0.2) is 25.5 Å². The first-order valence-electron chi connectivity index (χ1n) is 8.20. The number of aromatic nitrogens is 4. The molecule has 1 amide bonds. The number of aryl methyl sites for hydroxylation is 1. The number of carbonyl (C=O) groups excluding carboxylic acids is 1. The highest BCUT2D eigenvalue weighted by molar-refractivity contribution is 5.92. The zero-order valence-corrected chi connectivity index (χ0v) is 14.4. The van der Waals surface area contributed by atoms with Crippen molar-refractivity contribution in [3.8, 4) is 11.1 Å². The minimum atomic E-state index is -0.496. The molecule has 0 saturated heterocycles. The van der Waals surface area contributed by atoms with Crippen molar-refractivity contribution in [1.29, 1.82) is 0 Å². The number of nitrogens with one attached hydrogen (secondary N) is 1. The largest absolute Gasteiger partial charge is 0.338 e. The second kappa shape index (κ2) is 6.64. The molecular formula is C19H15F2N5O. The second-order valence-corrected chi connectivity index (χ2v) is 6.11. The minimum Gasteiger partial charge on any atom is -0.338 e. The van der Waals surface area contributed by atoms with E-state index in [1.807, 2.05) is 6.07 Å². The van der Waals surface area contributed by atoms with E-state index >= 15 is 0 Å². The van der Waals surface area contributed by atoms with Crippen LogP contribution < -0.4 is 5.32 Å². The molecule has 0 aliphatic carbocycles. The molecule has 4 aromatic rings. The van der Waals surface area contributed by atoms with Crippen LogP contribution in [0.15, 0.2) is 54.9 Å². The third-order valence-corrected chi connectivity index (χ3v) is 4.19. The number of hydrogen-bond acceptors (Lipinski definition) is 3. The Morgan fingerprint density at radius 3 is 2.78 bits per heavy atom. The van der Waals surface area contributed by atoms with E-state index in [4.69, 9.17) is 0 Å². The summed E-state index contributed by atoms with van der Waals surface area (Å²) in [5.41, 5.74) is 1.58. The summed E-state index contributed by atoms with van der Waals surface area (Å²) in [6.45, 7) is 0.0910. The molecule has 0 spiro atoms. The Morgan fingerprint density at radius 1 is 1.15 bits per heavy atom. The molecule has 0 fully saturated rings.